The number of hydrogen-bond donors (Lipinski definition) is 1. The van der Waals surface area contributed by atoms with Gasteiger partial charge in [0.05, 0.1) is 0 Å². The van der Waals surface area contributed by atoms with Crippen LogP contribution in [0.2, 0.25) is 0 Å². The van der Waals surface area contributed by atoms with E-state index in [1.165, 1.54) is 12.0 Å². The molecule has 1 aromatic heterocycles. The molecule has 1 aliphatic rings. The van der Waals surface area contributed by atoms with E-state index in [1.807, 2.05) is 12.4 Å². The van der Waals surface area contributed by atoms with Gasteiger partial charge in [-0.2, -0.15) is 0 Å². The van der Waals surface area contributed by atoms with Gasteiger partial charge in [0.1, 0.15) is 5.82 Å². The molecule has 2 rings (SSSR count). The zero-order chi connectivity index (χ0) is 10.9. The Kier molecular flexibility index (Phi) is 2.74. The minimum absolute atomic E-state index is 0.420. The van der Waals surface area contributed by atoms with Crippen molar-refractivity contribution in [2.75, 3.05) is 6.54 Å². The smallest absolute Gasteiger partial charge is 0.131 e. The molecule has 1 atom stereocenters. The lowest BCUT2D eigenvalue weighted by atomic mass is 10.1. The van der Waals surface area contributed by atoms with E-state index in [0.29, 0.717) is 11.3 Å². The normalized spacial score (nSPS) is 22.7. The minimum Gasteiger partial charge on any atom is -0.313 e. The van der Waals surface area contributed by atoms with Gasteiger partial charge in [-0.15, -0.1) is 0 Å². The highest BCUT2D eigenvalue weighted by Crippen LogP contribution is 2.57. The molecule has 0 aromatic carbocycles. The maximum absolute atomic E-state index is 4.44. The summed E-state index contributed by atoms with van der Waals surface area (Å²) in [5.74, 6) is 1.59. The predicted molar refractivity (Wildman–Crippen MR) is 60.6 cm³/mol. The zero-order valence-electron chi connectivity index (χ0n) is 9.75. The van der Waals surface area contributed by atoms with Crippen LogP contribution in [-0.4, -0.2) is 16.5 Å². The molecule has 1 saturated carbocycles. The highest BCUT2D eigenvalue weighted by Gasteiger charge is 2.48. The van der Waals surface area contributed by atoms with E-state index in [-0.39, 0.29) is 0 Å². The lowest BCUT2D eigenvalue weighted by molar-refractivity contribution is 0.607. The van der Waals surface area contributed by atoms with Gasteiger partial charge in [-0.1, -0.05) is 20.8 Å². The second-order valence-corrected chi connectivity index (χ2v) is 4.98. The van der Waals surface area contributed by atoms with Crippen molar-refractivity contribution >= 4 is 0 Å². The van der Waals surface area contributed by atoms with Gasteiger partial charge >= 0.3 is 0 Å². The Balaban J connectivity index is 1.99. The van der Waals surface area contributed by atoms with E-state index >= 15 is 0 Å². The van der Waals surface area contributed by atoms with Crippen molar-refractivity contribution in [1.82, 2.24) is 15.3 Å². The number of nitrogens with one attached hydrogen (secondary N) is 1. The Bertz CT molecular complexity index is 329. The quantitative estimate of drug-likeness (QED) is 0.818. The van der Waals surface area contributed by atoms with Crippen LogP contribution in [0, 0.1) is 5.41 Å². The maximum atomic E-state index is 4.44. The first kappa shape index (κ1) is 10.6. The summed E-state index contributed by atoms with van der Waals surface area (Å²) in [6.45, 7) is 8.49. The molecule has 0 aliphatic heterocycles. The van der Waals surface area contributed by atoms with Gasteiger partial charge in [0.15, 0.2) is 0 Å². The van der Waals surface area contributed by atoms with E-state index in [1.54, 1.807) is 0 Å². The van der Waals surface area contributed by atoms with E-state index in [2.05, 4.69) is 36.1 Å². The van der Waals surface area contributed by atoms with Crippen LogP contribution < -0.4 is 5.32 Å². The standard InChI is InChI=1S/C12H19N3/c1-4-13-6-9-7-14-11(15-8-9)10-5-12(10,2)3/h7-8,10,13H,4-6H2,1-3H3. The summed E-state index contributed by atoms with van der Waals surface area (Å²) in [4.78, 5) is 8.88. The van der Waals surface area contributed by atoms with Gasteiger partial charge in [0, 0.05) is 30.4 Å². The van der Waals surface area contributed by atoms with Crippen molar-refractivity contribution in [2.24, 2.45) is 5.41 Å². The molecule has 0 bridgehead atoms. The fraction of sp³-hybridized carbons (Fsp3) is 0.667. The first-order chi connectivity index (χ1) is 7.13. The Morgan fingerprint density at radius 2 is 2.00 bits per heavy atom. The third kappa shape index (κ3) is 2.34. The van der Waals surface area contributed by atoms with Crippen LogP contribution >= 0.6 is 0 Å². The molecule has 0 spiro atoms. The van der Waals surface area contributed by atoms with Crippen molar-refractivity contribution < 1.29 is 0 Å². The predicted octanol–water partition coefficient (Wildman–Crippen LogP) is 2.10. The average Bonchev–Trinajstić information content (AvgIpc) is 2.86. The molecule has 0 amide bonds. The molecule has 3 nitrogen and oxygen atoms in total. The first-order valence-corrected chi connectivity index (χ1v) is 5.65. The molecule has 1 unspecified atom stereocenters. The topological polar surface area (TPSA) is 37.8 Å². The summed E-state index contributed by atoms with van der Waals surface area (Å²) in [5, 5.41) is 3.27. The fourth-order valence-electron chi connectivity index (χ4n) is 1.81. The van der Waals surface area contributed by atoms with Gasteiger partial charge in [0.2, 0.25) is 0 Å². The van der Waals surface area contributed by atoms with Crippen LogP contribution in [0.1, 0.15) is 44.5 Å². The van der Waals surface area contributed by atoms with Crippen molar-refractivity contribution in [3.8, 4) is 0 Å². The number of rotatable bonds is 4. The molecule has 3 heteroatoms. The highest BCUT2D eigenvalue weighted by molar-refractivity contribution is 5.17. The lowest BCUT2D eigenvalue weighted by Crippen LogP contribution is -2.12. The van der Waals surface area contributed by atoms with Gasteiger partial charge in [-0.3, -0.25) is 0 Å². The largest absolute Gasteiger partial charge is 0.313 e. The zero-order valence-corrected chi connectivity index (χ0v) is 9.75. The summed E-state index contributed by atoms with van der Waals surface area (Å²) in [6, 6.07) is 0. The highest BCUT2D eigenvalue weighted by atomic mass is 14.9. The van der Waals surface area contributed by atoms with Crippen molar-refractivity contribution in [2.45, 2.75) is 39.7 Å². The SMILES string of the molecule is CCNCc1cnc(C2CC2(C)C)nc1. The van der Waals surface area contributed by atoms with E-state index in [4.69, 9.17) is 0 Å². The fourth-order valence-corrected chi connectivity index (χ4v) is 1.81. The molecule has 1 heterocycles. The van der Waals surface area contributed by atoms with Gasteiger partial charge in [-0.05, 0) is 18.4 Å². The molecule has 0 radical (unpaired) electrons. The van der Waals surface area contributed by atoms with Crippen LogP contribution in [0.3, 0.4) is 0 Å². The molecule has 0 saturated heterocycles. The Morgan fingerprint density at radius 1 is 1.40 bits per heavy atom. The maximum Gasteiger partial charge on any atom is 0.131 e. The van der Waals surface area contributed by atoms with Crippen LogP contribution in [-0.2, 0) is 6.54 Å². The number of nitrogens with zero attached hydrogens (tertiary/aromatic N) is 2. The molecule has 82 valence electrons. The van der Waals surface area contributed by atoms with Gasteiger partial charge in [0.25, 0.3) is 0 Å². The Hall–Kier alpha value is -0.960. The second kappa shape index (κ2) is 3.89. The van der Waals surface area contributed by atoms with Crippen molar-refractivity contribution in [3.63, 3.8) is 0 Å². The first-order valence-electron chi connectivity index (χ1n) is 5.65. The lowest BCUT2D eigenvalue weighted by Gasteiger charge is -2.04. The molecule has 1 N–H and O–H groups in total. The van der Waals surface area contributed by atoms with Crippen LogP contribution in [0.25, 0.3) is 0 Å². The number of hydrogen-bond acceptors (Lipinski definition) is 3. The molecular formula is C12H19N3. The third-order valence-electron chi connectivity index (χ3n) is 3.13. The van der Waals surface area contributed by atoms with Crippen molar-refractivity contribution in [1.29, 1.82) is 0 Å². The molecule has 1 aliphatic carbocycles. The summed E-state index contributed by atoms with van der Waals surface area (Å²) >= 11 is 0. The van der Waals surface area contributed by atoms with Crippen LogP contribution in [0.15, 0.2) is 12.4 Å². The van der Waals surface area contributed by atoms with E-state index in [9.17, 15) is 0 Å². The summed E-state index contributed by atoms with van der Waals surface area (Å²) in [7, 11) is 0. The van der Waals surface area contributed by atoms with E-state index < -0.39 is 0 Å². The molecule has 1 aromatic rings. The van der Waals surface area contributed by atoms with Crippen LogP contribution in [0.4, 0.5) is 0 Å². The van der Waals surface area contributed by atoms with E-state index in [0.717, 1.165) is 18.9 Å². The Labute approximate surface area is 91.3 Å². The van der Waals surface area contributed by atoms with Gasteiger partial charge in [-0.25, -0.2) is 9.97 Å². The third-order valence-corrected chi connectivity index (χ3v) is 3.13. The molecule has 1 fully saturated rings. The summed E-state index contributed by atoms with van der Waals surface area (Å²) in [6.07, 6.45) is 5.11. The minimum atomic E-state index is 0.420. The monoisotopic (exact) mass is 205 g/mol. The summed E-state index contributed by atoms with van der Waals surface area (Å²) in [5.41, 5.74) is 1.59. The Morgan fingerprint density at radius 3 is 2.47 bits per heavy atom. The van der Waals surface area contributed by atoms with Crippen LogP contribution in [0.5, 0.6) is 0 Å². The van der Waals surface area contributed by atoms with Gasteiger partial charge < -0.3 is 5.32 Å². The number of aromatic nitrogens is 2. The molecular weight excluding hydrogens is 186 g/mol. The average molecular weight is 205 g/mol. The second-order valence-electron chi connectivity index (χ2n) is 4.98. The van der Waals surface area contributed by atoms with Crippen molar-refractivity contribution in [3.05, 3.63) is 23.8 Å². The molecule has 15 heavy (non-hydrogen) atoms. The summed E-state index contributed by atoms with van der Waals surface area (Å²) < 4.78 is 0.